The molecule has 1 aliphatic heterocycles. The van der Waals surface area contributed by atoms with Gasteiger partial charge in [-0.2, -0.15) is 11.8 Å². The average molecular weight is 469 g/mol. The van der Waals surface area contributed by atoms with Gasteiger partial charge < -0.3 is 20.1 Å². The lowest BCUT2D eigenvalue weighted by Crippen LogP contribution is -2.49. The fourth-order valence-electron chi connectivity index (χ4n) is 4.63. The van der Waals surface area contributed by atoms with Gasteiger partial charge in [-0.3, -0.25) is 9.59 Å². The number of carbonyl (C=O) groups excluding carboxylic acids is 2. The summed E-state index contributed by atoms with van der Waals surface area (Å²) in [7, 11) is 0. The lowest BCUT2D eigenvalue weighted by molar-refractivity contribution is -0.140. The second-order valence-corrected chi connectivity index (χ2v) is 9.64. The number of benzene rings is 2. The molecule has 2 amide bonds. The first-order valence-corrected chi connectivity index (χ1v) is 12.3. The monoisotopic (exact) mass is 468 g/mol. The van der Waals surface area contributed by atoms with Gasteiger partial charge >= 0.3 is 12.1 Å². The molecule has 174 valence electrons. The Morgan fingerprint density at radius 3 is 2.39 bits per heavy atom. The third-order valence-corrected chi connectivity index (χ3v) is 7.24. The van der Waals surface area contributed by atoms with E-state index in [4.69, 9.17) is 9.84 Å². The van der Waals surface area contributed by atoms with Crippen LogP contribution in [0, 0.1) is 0 Å². The number of amides is 2. The van der Waals surface area contributed by atoms with E-state index in [1.54, 1.807) is 23.6 Å². The molecule has 0 bridgehead atoms. The van der Waals surface area contributed by atoms with E-state index in [1.807, 2.05) is 24.3 Å². The molecule has 2 aromatic rings. The molecule has 2 unspecified atom stereocenters. The Kier molecular flexibility index (Phi) is 7.23. The van der Waals surface area contributed by atoms with Gasteiger partial charge in [0.05, 0.1) is 12.5 Å². The molecule has 1 heterocycles. The molecule has 0 spiro atoms. The minimum absolute atomic E-state index is 0.0253. The summed E-state index contributed by atoms with van der Waals surface area (Å²) in [6, 6.07) is 15.5. The highest BCUT2D eigenvalue weighted by atomic mass is 32.2. The minimum atomic E-state index is -0.912. The molecule has 1 aliphatic carbocycles. The number of nitrogens with one attached hydrogen (secondary N) is 1. The Morgan fingerprint density at radius 2 is 1.76 bits per heavy atom. The number of fused-ring (bicyclic) bond motifs is 3. The summed E-state index contributed by atoms with van der Waals surface area (Å²) in [5.74, 6) is 0.322. The molecule has 8 heteroatoms. The number of nitrogens with zero attached hydrogens (tertiary/aromatic N) is 1. The summed E-state index contributed by atoms with van der Waals surface area (Å²) in [4.78, 5) is 38.0. The number of hydrogen-bond donors (Lipinski definition) is 2. The van der Waals surface area contributed by atoms with Crippen molar-refractivity contribution in [3.63, 3.8) is 0 Å². The van der Waals surface area contributed by atoms with Crippen LogP contribution in [0.15, 0.2) is 48.5 Å². The van der Waals surface area contributed by atoms with E-state index in [2.05, 4.69) is 29.6 Å². The van der Waals surface area contributed by atoms with Gasteiger partial charge in [-0.1, -0.05) is 48.5 Å². The van der Waals surface area contributed by atoms with Crippen LogP contribution in [-0.2, 0) is 14.3 Å². The first-order valence-electron chi connectivity index (χ1n) is 11.1. The van der Waals surface area contributed by atoms with Gasteiger partial charge in [0.25, 0.3) is 0 Å². The molecule has 33 heavy (non-hydrogen) atoms. The molecular weight excluding hydrogens is 440 g/mol. The van der Waals surface area contributed by atoms with Crippen molar-refractivity contribution in [1.29, 1.82) is 0 Å². The van der Waals surface area contributed by atoms with Crippen molar-refractivity contribution in [2.45, 2.75) is 37.8 Å². The number of thioether (sulfide) groups is 1. The average Bonchev–Trinajstić information content (AvgIpc) is 3.11. The van der Waals surface area contributed by atoms with Crippen LogP contribution in [0.4, 0.5) is 4.79 Å². The van der Waals surface area contributed by atoms with Gasteiger partial charge in [0.2, 0.25) is 5.91 Å². The highest BCUT2D eigenvalue weighted by Crippen LogP contribution is 2.44. The number of carbonyl (C=O) groups is 3. The summed E-state index contributed by atoms with van der Waals surface area (Å²) < 4.78 is 5.56. The van der Waals surface area contributed by atoms with Crippen LogP contribution in [0.3, 0.4) is 0 Å². The standard InChI is InChI=1S/C25H28N2O5S/c1-16(12-23(28)27-10-11-33-15-17(27)13-24(29)30)26-25(31)32-14-22-20-8-4-2-6-18(20)19-7-3-5-9-21(19)22/h2-9,16-17,22H,10-15H2,1H3,(H,26,31)(H,29,30). The Morgan fingerprint density at radius 1 is 1.12 bits per heavy atom. The van der Waals surface area contributed by atoms with Gasteiger partial charge in [0.1, 0.15) is 6.61 Å². The number of hydrogen-bond acceptors (Lipinski definition) is 5. The van der Waals surface area contributed by atoms with Gasteiger partial charge in [-0.15, -0.1) is 0 Å². The third kappa shape index (κ3) is 5.33. The van der Waals surface area contributed by atoms with Gasteiger partial charge in [-0.25, -0.2) is 4.79 Å². The zero-order chi connectivity index (χ0) is 23.4. The molecular formula is C25H28N2O5S. The molecule has 0 aromatic heterocycles. The number of carboxylic acids is 1. The summed E-state index contributed by atoms with van der Waals surface area (Å²) in [6.07, 6.45) is -0.522. The molecule has 2 aliphatic rings. The van der Waals surface area contributed by atoms with E-state index in [0.29, 0.717) is 12.3 Å². The summed E-state index contributed by atoms with van der Waals surface area (Å²) in [6.45, 7) is 2.49. The van der Waals surface area contributed by atoms with Crippen LogP contribution in [-0.4, -0.2) is 64.7 Å². The second kappa shape index (κ2) is 10.3. The third-order valence-electron chi connectivity index (χ3n) is 6.15. The first kappa shape index (κ1) is 23.2. The van der Waals surface area contributed by atoms with E-state index >= 15 is 0 Å². The fraction of sp³-hybridized carbons (Fsp3) is 0.400. The normalized spacial score (nSPS) is 18.2. The van der Waals surface area contributed by atoms with Crippen molar-refractivity contribution >= 4 is 29.7 Å². The van der Waals surface area contributed by atoms with Crippen molar-refractivity contribution in [3.05, 3.63) is 59.7 Å². The Hall–Kier alpha value is -3.00. The van der Waals surface area contributed by atoms with Crippen LogP contribution in [0.5, 0.6) is 0 Å². The van der Waals surface area contributed by atoms with Gasteiger partial charge in [0.15, 0.2) is 0 Å². The largest absolute Gasteiger partial charge is 0.481 e. The summed E-state index contributed by atoms with van der Waals surface area (Å²) in [5.41, 5.74) is 4.61. The molecule has 1 saturated heterocycles. The predicted octanol–water partition coefficient (Wildman–Crippen LogP) is 3.72. The minimum Gasteiger partial charge on any atom is -0.481 e. The van der Waals surface area contributed by atoms with Crippen LogP contribution < -0.4 is 5.32 Å². The highest BCUT2D eigenvalue weighted by molar-refractivity contribution is 7.99. The van der Waals surface area contributed by atoms with E-state index in [1.165, 1.54) is 0 Å². The molecule has 2 N–H and O–H groups in total. The van der Waals surface area contributed by atoms with Crippen molar-refractivity contribution < 1.29 is 24.2 Å². The SMILES string of the molecule is CC(CC(=O)N1CCSCC1CC(=O)O)NC(=O)OCC1c2ccccc2-c2ccccc21. The number of rotatable bonds is 7. The molecule has 4 rings (SSSR count). The van der Waals surface area contributed by atoms with Gasteiger partial charge in [-0.05, 0) is 29.2 Å². The van der Waals surface area contributed by atoms with Crippen LogP contribution in [0.2, 0.25) is 0 Å². The van der Waals surface area contributed by atoms with Crippen molar-refractivity contribution in [2.75, 3.05) is 24.7 Å². The topological polar surface area (TPSA) is 95.9 Å². The van der Waals surface area contributed by atoms with E-state index in [0.717, 1.165) is 28.0 Å². The number of alkyl carbamates (subject to hydrolysis) is 1. The maximum absolute atomic E-state index is 12.8. The molecule has 2 atom stereocenters. The number of aliphatic carboxylic acids is 1. The molecule has 2 aromatic carbocycles. The maximum atomic E-state index is 12.8. The number of ether oxygens (including phenoxy) is 1. The van der Waals surface area contributed by atoms with Crippen molar-refractivity contribution in [1.82, 2.24) is 10.2 Å². The van der Waals surface area contributed by atoms with Crippen molar-refractivity contribution in [2.24, 2.45) is 0 Å². The van der Waals surface area contributed by atoms with Crippen LogP contribution in [0.25, 0.3) is 11.1 Å². The Bertz CT molecular complexity index is 997. The first-order chi connectivity index (χ1) is 15.9. The van der Waals surface area contributed by atoms with E-state index < -0.39 is 18.1 Å². The summed E-state index contributed by atoms with van der Waals surface area (Å²) >= 11 is 1.66. The lowest BCUT2D eigenvalue weighted by atomic mass is 9.98. The molecule has 7 nitrogen and oxygen atoms in total. The predicted molar refractivity (Wildman–Crippen MR) is 127 cm³/mol. The Balaban J connectivity index is 1.31. The highest BCUT2D eigenvalue weighted by Gasteiger charge is 2.31. The zero-order valence-electron chi connectivity index (χ0n) is 18.5. The molecule has 0 radical (unpaired) electrons. The van der Waals surface area contributed by atoms with Gasteiger partial charge in [0, 0.05) is 36.4 Å². The molecule has 0 saturated carbocycles. The zero-order valence-corrected chi connectivity index (χ0v) is 19.3. The quantitative estimate of drug-likeness (QED) is 0.643. The van der Waals surface area contributed by atoms with E-state index in [9.17, 15) is 14.4 Å². The second-order valence-electron chi connectivity index (χ2n) is 8.49. The molecule has 1 fully saturated rings. The van der Waals surface area contributed by atoms with Crippen LogP contribution in [0.1, 0.15) is 36.8 Å². The Labute approximate surface area is 197 Å². The van der Waals surface area contributed by atoms with Crippen molar-refractivity contribution in [3.8, 4) is 11.1 Å². The fourth-order valence-corrected chi connectivity index (χ4v) is 5.69. The summed E-state index contributed by atoms with van der Waals surface area (Å²) in [5, 5.41) is 11.9. The van der Waals surface area contributed by atoms with Crippen LogP contribution >= 0.6 is 11.8 Å². The van der Waals surface area contributed by atoms with E-state index in [-0.39, 0.29) is 37.3 Å². The maximum Gasteiger partial charge on any atom is 0.407 e. The lowest BCUT2D eigenvalue weighted by Gasteiger charge is -2.35. The smallest absolute Gasteiger partial charge is 0.407 e. The number of carboxylic acid groups (broad SMARTS) is 1.